The first-order chi connectivity index (χ1) is 11.4. The van der Waals surface area contributed by atoms with Crippen molar-refractivity contribution in [3.63, 3.8) is 0 Å². The summed E-state index contributed by atoms with van der Waals surface area (Å²) in [5, 5.41) is 4.07. The molecule has 0 aliphatic rings. The van der Waals surface area contributed by atoms with E-state index in [0.29, 0.717) is 4.57 Å². The SMILES string of the molecule is Cc1nn(C(C)C)cc1S(=O)(=O)Nc1cccn(CC(F)(F)F)c1=O. The Labute approximate surface area is 142 Å². The molecule has 25 heavy (non-hydrogen) atoms. The van der Waals surface area contributed by atoms with Crippen LogP contribution < -0.4 is 10.3 Å². The number of nitrogens with zero attached hydrogens (tertiary/aromatic N) is 3. The smallest absolute Gasteiger partial charge is 0.305 e. The van der Waals surface area contributed by atoms with Gasteiger partial charge in [-0.3, -0.25) is 14.2 Å². The van der Waals surface area contributed by atoms with Crippen LogP contribution in [0.1, 0.15) is 25.6 Å². The minimum Gasteiger partial charge on any atom is -0.305 e. The van der Waals surface area contributed by atoms with E-state index < -0.39 is 34.0 Å². The van der Waals surface area contributed by atoms with E-state index in [1.165, 1.54) is 17.8 Å². The Morgan fingerprint density at radius 1 is 1.32 bits per heavy atom. The summed E-state index contributed by atoms with van der Waals surface area (Å²) in [6.45, 7) is 3.60. The predicted molar refractivity (Wildman–Crippen MR) is 84.9 cm³/mol. The Hall–Kier alpha value is -2.30. The fourth-order valence-electron chi connectivity index (χ4n) is 2.13. The number of aryl methyl sites for hydroxylation is 1. The van der Waals surface area contributed by atoms with Crippen LogP contribution in [0.2, 0.25) is 0 Å². The summed E-state index contributed by atoms with van der Waals surface area (Å²) in [6, 6.07) is 2.19. The van der Waals surface area contributed by atoms with Crippen LogP contribution in [0.15, 0.2) is 34.2 Å². The first kappa shape index (κ1) is 19.0. The predicted octanol–water partition coefficient (Wildman–Crippen LogP) is 2.30. The maximum Gasteiger partial charge on any atom is 0.406 e. The van der Waals surface area contributed by atoms with Gasteiger partial charge >= 0.3 is 6.18 Å². The largest absolute Gasteiger partial charge is 0.406 e. The lowest BCUT2D eigenvalue weighted by atomic mass is 10.4. The van der Waals surface area contributed by atoms with Crippen molar-refractivity contribution in [2.45, 2.75) is 44.4 Å². The van der Waals surface area contributed by atoms with Crippen molar-refractivity contribution < 1.29 is 21.6 Å². The van der Waals surface area contributed by atoms with Crippen molar-refractivity contribution in [3.05, 3.63) is 40.6 Å². The lowest BCUT2D eigenvalue weighted by Crippen LogP contribution is -2.30. The molecule has 0 bridgehead atoms. The number of sulfonamides is 1. The number of hydrogen-bond acceptors (Lipinski definition) is 4. The Bertz CT molecular complexity index is 930. The van der Waals surface area contributed by atoms with Gasteiger partial charge in [-0.1, -0.05) is 0 Å². The number of aromatic nitrogens is 3. The molecule has 2 aromatic heterocycles. The molecule has 0 radical (unpaired) electrons. The van der Waals surface area contributed by atoms with Crippen molar-refractivity contribution in [2.24, 2.45) is 0 Å². The Morgan fingerprint density at radius 3 is 2.48 bits per heavy atom. The monoisotopic (exact) mass is 378 g/mol. The van der Waals surface area contributed by atoms with Crippen molar-refractivity contribution in [1.82, 2.24) is 14.3 Å². The van der Waals surface area contributed by atoms with Crippen LogP contribution in [-0.4, -0.2) is 28.9 Å². The Morgan fingerprint density at radius 2 is 1.96 bits per heavy atom. The minimum absolute atomic E-state index is 0.0802. The molecule has 138 valence electrons. The van der Waals surface area contributed by atoms with Gasteiger partial charge in [-0.15, -0.1) is 0 Å². The molecular formula is C14H17F3N4O3S. The van der Waals surface area contributed by atoms with Gasteiger partial charge in [-0.2, -0.15) is 18.3 Å². The average molecular weight is 378 g/mol. The molecule has 2 aromatic rings. The van der Waals surface area contributed by atoms with Crippen molar-refractivity contribution in [3.8, 4) is 0 Å². The highest BCUT2D eigenvalue weighted by Crippen LogP contribution is 2.20. The second-order valence-corrected chi connectivity index (χ2v) is 7.38. The van der Waals surface area contributed by atoms with Gasteiger partial charge < -0.3 is 4.57 Å². The summed E-state index contributed by atoms with van der Waals surface area (Å²) in [7, 11) is -4.17. The van der Waals surface area contributed by atoms with E-state index in [1.54, 1.807) is 0 Å². The standard InChI is InChI=1S/C14H17F3N4O3S/c1-9(2)21-7-12(10(3)18-21)25(23,24)19-11-5-4-6-20(13(11)22)8-14(15,16)17/h4-7,9,19H,8H2,1-3H3. The quantitative estimate of drug-likeness (QED) is 0.865. The number of pyridine rings is 1. The highest BCUT2D eigenvalue weighted by atomic mass is 32.2. The van der Waals surface area contributed by atoms with Gasteiger partial charge in [0.2, 0.25) is 0 Å². The van der Waals surface area contributed by atoms with Crippen LogP contribution in [0.4, 0.5) is 18.9 Å². The van der Waals surface area contributed by atoms with Crippen molar-refractivity contribution >= 4 is 15.7 Å². The molecule has 2 heterocycles. The minimum atomic E-state index is -4.60. The molecule has 2 rings (SSSR count). The summed E-state index contributed by atoms with van der Waals surface area (Å²) < 4.78 is 66.3. The lowest BCUT2D eigenvalue weighted by molar-refractivity contribution is -0.141. The maximum atomic E-state index is 12.5. The molecule has 0 saturated heterocycles. The second-order valence-electron chi connectivity index (χ2n) is 5.73. The van der Waals surface area contributed by atoms with Crippen LogP contribution in [0.25, 0.3) is 0 Å². The Balaban J connectivity index is 2.39. The van der Waals surface area contributed by atoms with Crippen LogP contribution >= 0.6 is 0 Å². The normalized spacial score (nSPS) is 12.6. The average Bonchev–Trinajstić information content (AvgIpc) is 2.85. The highest BCUT2D eigenvalue weighted by molar-refractivity contribution is 7.92. The van der Waals surface area contributed by atoms with Gasteiger partial charge in [0.15, 0.2) is 0 Å². The third-order valence-electron chi connectivity index (χ3n) is 3.30. The molecule has 0 aromatic carbocycles. The van der Waals surface area contributed by atoms with Crippen LogP contribution in [-0.2, 0) is 16.6 Å². The summed E-state index contributed by atoms with van der Waals surface area (Å²) in [5.41, 5.74) is -1.34. The van der Waals surface area contributed by atoms with Gasteiger partial charge in [-0.05, 0) is 32.9 Å². The zero-order valence-electron chi connectivity index (χ0n) is 13.7. The van der Waals surface area contributed by atoms with Gasteiger partial charge in [0.25, 0.3) is 15.6 Å². The highest BCUT2D eigenvalue weighted by Gasteiger charge is 2.29. The Kier molecular flexibility index (Phi) is 4.98. The van der Waals surface area contributed by atoms with E-state index in [9.17, 15) is 26.4 Å². The number of alkyl halides is 3. The summed E-state index contributed by atoms with van der Waals surface area (Å²) in [6.07, 6.45) is -2.36. The zero-order valence-corrected chi connectivity index (χ0v) is 14.5. The topological polar surface area (TPSA) is 86.0 Å². The van der Waals surface area contributed by atoms with Gasteiger partial charge in [-0.25, -0.2) is 8.42 Å². The molecule has 11 heteroatoms. The first-order valence-electron chi connectivity index (χ1n) is 7.25. The van der Waals surface area contributed by atoms with Crippen molar-refractivity contribution in [2.75, 3.05) is 4.72 Å². The van der Waals surface area contributed by atoms with Gasteiger partial charge in [0.1, 0.15) is 17.1 Å². The molecule has 0 atom stereocenters. The summed E-state index contributed by atoms with van der Waals surface area (Å²) in [5.74, 6) is 0. The van der Waals surface area contributed by atoms with Crippen LogP contribution in [0.5, 0.6) is 0 Å². The molecule has 0 fully saturated rings. The fourth-order valence-corrected chi connectivity index (χ4v) is 3.36. The third-order valence-corrected chi connectivity index (χ3v) is 4.77. The van der Waals surface area contributed by atoms with E-state index in [0.717, 1.165) is 18.3 Å². The first-order valence-corrected chi connectivity index (χ1v) is 8.74. The van der Waals surface area contributed by atoms with Crippen LogP contribution in [0, 0.1) is 6.92 Å². The number of rotatable bonds is 5. The van der Waals surface area contributed by atoms with Gasteiger partial charge in [0.05, 0.1) is 5.69 Å². The number of anilines is 1. The maximum absolute atomic E-state index is 12.5. The zero-order chi connectivity index (χ0) is 19.0. The molecule has 1 N–H and O–H groups in total. The third kappa shape index (κ3) is 4.41. The molecule has 7 nitrogen and oxygen atoms in total. The van der Waals surface area contributed by atoms with E-state index in [4.69, 9.17) is 0 Å². The van der Waals surface area contributed by atoms with Crippen molar-refractivity contribution in [1.29, 1.82) is 0 Å². The molecular weight excluding hydrogens is 361 g/mol. The van der Waals surface area contributed by atoms with Gasteiger partial charge in [0, 0.05) is 18.4 Å². The number of halogens is 3. The number of nitrogens with one attached hydrogen (secondary N) is 1. The van der Waals surface area contributed by atoms with E-state index in [2.05, 4.69) is 5.10 Å². The van der Waals surface area contributed by atoms with E-state index in [1.807, 2.05) is 18.6 Å². The van der Waals surface area contributed by atoms with E-state index in [-0.39, 0.29) is 16.6 Å². The number of hydrogen-bond donors (Lipinski definition) is 1. The molecule has 0 saturated carbocycles. The molecule has 0 spiro atoms. The summed E-state index contributed by atoms with van der Waals surface area (Å²) >= 11 is 0. The lowest BCUT2D eigenvalue weighted by Gasteiger charge is -2.11. The molecule has 0 unspecified atom stereocenters. The van der Waals surface area contributed by atoms with E-state index >= 15 is 0 Å². The molecule has 0 aliphatic heterocycles. The molecule has 0 aliphatic carbocycles. The summed E-state index contributed by atoms with van der Waals surface area (Å²) in [4.78, 5) is 11.9. The fraction of sp³-hybridized carbons (Fsp3) is 0.429. The van der Waals surface area contributed by atoms with Crippen LogP contribution in [0.3, 0.4) is 0 Å². The second kappa shape index (κ2) is 6.54. The molecule has 0 amide bonds.